The highest BCUT2D eigenvalue weighted by molar-refractivity contribution is 14.0. The molecule has 0 amide bonds. The molecule has 1 unspecified atom stereocenters. The Bertz CT molecular complexity index is 925. The average Bonchev–Trinajstić information content (AvgIpc) is 3.12. The Hall–Kier alpha value is -2.43. The van der Waals surface area contributed by atoms with E-state index in [1.54, 1.807) is 17.2 Å². The highest BCUT2D eigenvalue weighted by atomic mass is 127. The number of hydrogen-bond acceptors (Lipinski definition) is 5. The molecule has 0 bridgehead atoms. The molecule has 30 heavy (non-hydrogen) atoms. The fourth-order valence-electron chi connectivity index (χ4n) is 3.10. The van der Waals surface area contributed by atoms with Crippen molar-refractivity contribution in [1.82, 2.24) is 30.4 Å². The third-order valence-corrected chi connectivity index (χ3v) is 4.64. The molecule has 0 radical (unpaired) electrons. The summed E-state index contributed by atoms with van der Waals surface area (Å²) >= 11 is 0. The molecule has 0 spiro atoms. The van der Waals surface area contributed by atoms with Crippen LogP contribution in [0.3, 0.4) is 0 Å². The van der Waals surface area contributed by atoms with Crippen molar-refractivity contribution in [2.75, 3.05) is 25.0 Å². The van der Waals surface area contributed by atoms with Gasteiger partial charge in [0.1, 0.15) is 12.1 Å². The number of nitrogens with zero attached hydrogens (tertiary/aromatic N) is 5. The summed E-state index contributed by atoms with van der Waals surface area (Å²) in [5.74, 6) is 1.62. The van der Waals surface area contributed by atoms with Gasteiger partial charge in [0.2, 0.25) is 0 Å². The number of halogens is 1. The lowest BCUT2D eigenvalue weighted by Gasteiger charge is -2.18. The van der Waals surface area contributed by atoms with Gasteiger partial charge in [0.25, 0.3) is 0 Å². The highest BCUT2D eigenvalue weighted by Gasteiger charge is 2.08. The first kappa shape index (κ1) is 23.8. The van der Waals surface area contributed by atoms with E-state index in [1.165, 1.54) is 5.56 Å². The van der Waals surface area contributed by atoms with Gasteiger partial charge in [-0.15, -0.1) is 24.0 Å². The monoisotopic (exact) mass is 522 g/mol. The second-order valence-corrected chi connectivity index (χ2v) is 6.98. The summed E-state index contributed by atoms with van der Waals surface area (Å²) in [5.41, 5.74) is 2.17. The van der Waals surface area contributed by atoms with Crippen molar-refractivity contribution in [3.8, 4) is 0 Å². The maximum atomic E-state index is 4.68. The molecule has 0 fully saturated rings. The maximum Gasteiger partial charge on any atom is 0.191 e. The standard InChI is InChI=1S/C21H30N8.HI/c1-4-22-21(28-16(2)10-11-17-8-6-5-7-9-17)24-13-12-23-19-18-14-27-29(3)20(18)26-15-25-19;/h5-9,14-16H,4,10-13H2,1-3H3,(H2,22,24,28)(H,23,25,26);1H. The van der Waals surface area contributed by atoms with E-state index in [1.807, 2.05) is 7.05 Å². The zero-order valence-corrected chi connectivity index (χ0v) is 20.1. The van der Waals surface area contributed by atoms with Gasteiger partial charge in [-0.2, -0.15) is 5.10 Å². The number of benzene rings is 1. The Morgan fingerprint density at radius 1 is 1.20 bits per heavy atom. The van der Waals surface area contributed by atoms with Gasteiger partial charge in [0.05, 0.1) is 18.1 Å². The van der Waals surface area contributed by atoms with E-state index < -0.39 is 0 Å². The average molecular weight is 522 g/mol. The van der Waals surface area contributed by atoms with Gasteiger partial charge in [-0.05, 0) is 32.3 Å². The quantitative estimate of drug-likeness (QED) is 0.173. The third kappa shape index (κ3) is 6.82. The molecule has 3 N–H and O–H groups in total. The van der Waals surface area contributed by atoms with E-state index in [2.05, 4.69) is 80.2 Å². The molecule has 2 heterocycles. The number of rotatable bonds is 9. The molecule has 1 aromatic carbocycles. The fraction of sp³-hybridized carbons (Fsp3) is 0.429. The summed E-state index contributed by atoms with van der Waals surface area (Å²) in [4.78, 5) is 13.3. The van der Waals surface area contributed by atoms with Crippen LogP contribution in [0.2, 0.25) is 0 Å². The van der Waals surface area contributed by atoms with Gasteiger partial charge in [-0.3, -0.25) is 9.67 Å². The minimum absolute atomic E-state index is 0. The van der Waals surface area contributed by atoms with E-state index >= 15 is 0 Å². The molecule has 162 valence electrons. The normalized spacial score (nSPS) is 12.3. The second-order valence-electron chi connectivity index (χ2n) is 6.98. The Kier molecular flexibility index (Phi) is 9.78. The molecule has 0 aliphatic rings. The van der Waals surface area contributed by atoms with Crippen LogP contribution in [0.25, 0.3) is 11.0 Å². The zero-order valence-electron chi connectivity index (χ0n) is 17.8. The highest BCUT2D eigenvalue weighted by Crippen LogP contribution is 2.17. The van der Waals surface area contributed by atoms with E-state index in [0.717, 1.165) is 42.2 Å². The summed E-state index contributed by atoms with van der Waals surface area (Å²) in [5, 5.41) is 15.3. The van der Waals surface area contributed by atoms with Crippen LogP contribution in [0, 0.1) is 0 Å². The van der Waals surface area contributed by atoms with Crippen molar-refractivity contribution in [1.29, 1.82) is 0 Å². The predicted octanol–water partition coefficient (Wildman–Crippen LogP) is 2.97. The lowest BCUT2D eigenvalue weighted by atomic mass is 10.1. The largest absolute Gasteiger partial charge is 0.367 e. The van der Waals surface area contributed by atoms with Crippen molar-refractivity contribution in [3.05, 3.63) is 48.4 Å². The molecular formula is C21H31IN8. The molecule has 8 nitrogen and oxygen atoms in total. The van der Waals surface area contributed by atoms with Crippen LogP contribution in [-0.4, -0.2) is 51.4 Å². The molecule has 3 rings (SSSR count). The van der Waals surface area contributed by atoms with E-state index in [-0.39, 0.29) is 24.0 Å². The number of aliphatic imine (C=N–C) groups is 1. The Morgan fingerprint density at radius 3 is 2.77 bits per heavy atom. The topological polar surface area (TPSA) is 92.1 Å². The van der Waals surface area contributed by atoms with E-state index in [0.29, 0.717) is 19.1 Å². The smallest absolute Gasteiger partial charge is 0.191 e. The van der Waals surface area contributed by atoms with Crippen LogP contribution in [-0.2, 0) is 13.5 Å². The SMILES string of the molecule is CCNC(=NCCNc1ncnc2c1cnn2C)NC(C)CCc1ccccc1.I. The van der Waals surface area contributed by atoms with Gasteiger partial charge in [0, 0.05) is 26.2 Å². The van der Waals surface area contributed by atoms with Crippen molar-refractivity contribution < 1.29 is 0 Å². The van der Waals surface area contributed by atoms with Crippen LogP contribution in [0.15, 0.2) is 47.8 Å². The van der Waals surface area contributed by atoms with Gasteiger partial charge in [-0.1, -0.05) is 30.3 Å². The van der Waals surface area contributed by atoms with Crippen LogP contribution in [0.1, 0.15) is 25.8 Å². The molecule has 0 aliphatic heterocycles. The van der Waals surface area contributed by atoms with Crippen molar-refractivity contribution in [3.63, 3.8) is 0 Å². The molecule has 0 saturated heterocycles. The minimum Gasteiger partial charge on any atom is -0.367 e. The molecule has 0 saturated carbocycles. The molecule has 0 aliphatic carbocycles. The number of hydrogen-bond donors (Lipinski definition) is 3. The van der Waals surface area contributed by atoms with Crippen molar-refractivity contribution in [2.24, 2.45) is 12.0 Å². The molecule has 1 atom stereocenters. The first-order chi connectivity index (χ1) is 14.2. The Balaban J connectivity index is 0.00000320. The van der Waals surface area contributed by atoms with Gasteiger partial charge in [-0.25, -0.2) is 9.97 Å². The summed E-state index contributed by atoms with van der Waals surface area (Å²) in [6.07, 6.45) is 5.42. The lowest BCUT2D eigenvalue weighted by Crippen LogP contribution is -2.42. The lowest BCUT2D eigenvalue weighted by molar-refractivity contribution is 0.593. The predicted molar refractivity (Wildman–Crippen MR) is 134 cm³/mol. The number of guanidine groups is 1. The summed E-state index contributed by atoms with van der Waals surface area (Å²) in [7, 11) is 1.87. The zero-order chi connectivity index (χ0) is 20.5. The maximum absolute atomic E-state index is 4.68. The van der Waals surface area contributed by atoms with Gasteiger partial charge >= 0.3 is 0 Å². The number of aromatic nitrogens is 4. The number of nitrogens with one attached hydrogen (secondary N) is 3. The summed E-state index contributed by atoms with van der Waals surface area (Å²) < 4.78 is 1.74. The van der Waals surface area contributed by atoms with E-state index in [9.17, 15) is 0 Å². The first-order valence-corrected chi connectivity index (χ1v) is 10.1. The second kappa shape index (κ2) is 12.3. The van der Waals surface area contributed by atoms with Crippen molar-refractivity contribution >= 4 is 46.8 Å². The molecular weight excluding hydrogens is 491 g/mol. The van der Waals surface area contributed by atoms with Gasteiger partial charge in [0.15, 0.2) is 11.6 Å². The first-order valence-electron chi connectivity index (χ1n) is 10.1. The summed E-state index contributed by atoms with van der Waals surface area (Å²) in [6.45, 7) is 6.40. The van der Waals surface area contributed by atoms with Crippen LogP contribution >= 0.6 is 24.0 Å². The van der Waals surface area contributed by atoms with Crippen LogP contribution < -0.4 is 16.0 Å². The molecule has 3 aromatic rings. The fourth-order valence-corrected chi connectivity index (χ4v) is 3.10. The minimum atomic E-state index is 0. The summed E-state index contributed by atoms with van der Waals surface area (Å²) in [6, 6.07) is 10.9. The van der Waals surface area contributed by atoms with Crippen molar-refractivity contribution in [2.45, 2.75) is 32.7 Å². The number of aryl methyl sites for hydroxylation is 2. The van der Waals surface area contributed by atoms with Gasteiger partial charge < -0.3 is 16.0 Å². The molecule has 9 heteroatoms. The van der Waals surface area contributed by atoms with E-state index in [4.69, 9.17) is 0 Å². The van der Waals surface area contributed by atoms with Crippen LogP contribution in [0.5, 0.6) is 0 Å². The number of anilines is 1. The number of fused-ring (bicyclic) bond motifs is 1. The van der Waals surface area contributed by atoms with Crippen LogP contribution in [0.4, 0.5) is 5.82 Å². The Labute approximate surface area is 195 Å². The molecule has 2 aromatic heterocycles. The third-order valence-electron chi connectivity index (χ3n) is 4.64. The Morgan fingerprint density at radius 2 is 2.00 bits per heavy atom.